The Hall–Kier alpha value is -0.0800. The third-order valence-electron chi connectivity index (χ3n) is 2.25. The van der Waals surface area contributed by atoms with Crippen molar-refractivity contribution >= 4 is 0 Å². The summed E-state index contributed by atoms with van der Waals surface area (Å²) in [4.78, 5) is 0. The summed E-state index contributed by atoms with van der Waals surface area (Å²) in [5, 5.41) is 10.5. The maximum atomic E-state index is 7.00. The van der Waals surface area contributed by atoms with Crippen LogP contribution < -0.4 is 5.32 Å². The normalized spacial score (nSPS) is 22.2. The molecule has 0 spiro atoms. The zero-order chi connectivity index (χ0) is 9.40. The Morgan fingerprint density at radius 3 is 2.50 bits per heavy atom. The molecule has 0 aromatic rings. The molecule has 0 bridgehead atoms. The molecule has 1 heterocycles. The van der Waals surface area contributed by atoms with Gasteiger partial charge in [-0.05, 0) is 38.1 Å². The Morgan fingerprint density at radius 1 is 1.42 bits per heavy atom. The highest BCUT2D eigenvalue weighted by Crippen LogP contribution is 2.13. The van der Waals surface area contributed by atoms with Gasteiger partial charge in [0.05, 0.1) is 0 Å². The first kappa shape index (κ1) is 11.9. The molecular weight excluding hydrogens is 150 g/mol. The second kappa shape index (κ2) is 7.56. The van der Waals surface area contributed by atoms with Crippen LogP contribution in [0.3, 0.4) is 0 Å². The van der Waals surface area contributed by atoms with Crippen molar-refractivity contribution in [3.63, 3.8) is 0 Å². The minimum Gasteiger partial charge on any atom is -0.400 e. The summed E-state index contributed by atoms with van der Waals surface area (Å²) in [6.45, 7) is 5.85. The van der Waals surface area contributed by atoms with E-state index in [2.05, 4.69) is 19.2 Å². The van der Waals surface area contributed by atoms with E-state index in [0.717, 1.165) is 19.1 Å². The Balaban J connectivity index is 0.000000561. The molecule has 0 amide bonds. The zero-order valence-corrected chi connectivity index (χ0v) is 8.64. The molecule has 1 rings (SSSR count). The SMILES string of the molecule is CC(C)CCC1CCCN1.CO. The van der Waals surface area contributed by atoms with Gasteiger partial charge in [0.25, 0.3) is 0 Å². The van der Waals surface area contributed by atoms with Crippen molar-refractivity contribution in [3.05, 3.63) is 0 Å². The summed E-state index contributed by atoms with van der Waals surface area (Å²) in [7, 11) is 1.00. The molecule has 2 N–H and O–H groups in total. The summed E-state index contributed by atoms with van der Waals surface area (Å²) in [6.07, 6.45) is 5.57. The highest BCUT2D eigenvalue weighted by atomic mass is 16.2. The third kappa shape index (κ3) is 5.56. The average molecular weight is 173 g/mol. The van der Waals surface area contributed by atoms with Crippen molar-refractivity contribution in [2.24, 2.45) is 5.92 Å². The van der Waals surface area contributed by atoms with E-state index in [4.69, 9.17) is 5.11 Å². The molecule has 0 radical (unpaired) electrons. The number of hydrogen-bond acceptors (Lipinski definition) is 2. The molecule has 1 unspecified atom stereocenters. The van der Waals surface area contributed by atoms with E-state index in [0.29, 0.717) is 0 Å². The lowest BCUT2D eigenvalue weighted by Gasteiger charge is -2.10. The summed E-state index contributed by atoms with van der Waals surface area (Å²) in [5.74, 6) is 0.877. The molecule has 74 valence electrons. The van der Waals surface area contributed by atoms with Gasteiger partial charge in [-0.25, -0.2) is 0 Å². The van der Waals surface area contributed by atoms with Crippen LogP contribution in [-0.2, 0) is 0 Å². The number of hydrogen-bond donors (Lipinski definition) is 2. The first-order valence-electron chi connectivity index (χ1n) is 4.97. The van der Waals surface area contributed by atoms with Crippen molar-refractivity contribution in [1.82, 2.24) is 5.32 Å². The summed E-state index contributed by atoms with van der Waals surface area (Å²) < 4.78 is 0. The van der Waals surface area contributed by atoms with Crippen LogP contribution in [0.25, 0.3) is 0 Å². The molecule has 1 aliphatic heterocycles. The lowest BCUT2D eigenvalue weighted by Crippen LogP contribution is -2.21. The fraction of sp³-hybridized carbons (Fsp3) is 1.00. The summed E-state index contributed by atoms with van der Waals surface area (Å²) in [6, 6.07) is 0.849. The molecule has 0 aromatic heterocycles. The largest absolute Gasteiger partial charge is 0.400 e. The van der Waals surface area contributed by atoms with Crippen LogP contribution in [0, 0.1) is 5.92 Å². The fourth-order valence-electron chi connectivity index (χ4n) is 1.54. The standard InChI is InChI=1S/C9H19N.CH4O/c1-8(2)5-6-9-4-3-7-10-9;1-2/h8-10H,3-7H2,1-2H3;2H,1H3. The van der Waals surface area contributed by atoms with Crippen molar-refractivity contribution in [2.45, 2.75) is 45.6 Å². The van der Waals surface area contributed by atoms with Crippen molar-refractivity contribution < 1.29 is 5.11 Å². The molecule has 12 heavy (non-hydrogen) atoms. The second-order valence-corrected chi connectivity index (χ2v) is 3.76. The first-order valence-corrected chi connectivity index (χ1v) is 4.97. The Bertz CT molecular complexity index is 87.8. The minimum absolute atomic E-state index is 0.849. The fourth-order valence-corrected chi connectivity index (χ4v) is 1.54. The van der Waals surface area contributed by atoms with Gasteiger partial charge in [-0.3, -0.25) is 0 Å². The van der Waals surface area contributed by atoms with Crippen LogP contribution in [0.15, 0.2) is 0 Å². The maximum Gasteiger partial charge on any atom is 0.0319 e. The van der Waals surface area contributed by atoms with Crippen LogP contribution in [0.2, 0.25) is 0 Å². The van der Waals surface area contributed by atoms with Crippen LogP contribution in [0.4, 0.5) is 0 Å². The van der Waals surface area contributed by atoms with Gasteiger partial charge in [-0.1, -0.05) is 13.8 Å². The topological polar surface area (TPSA) is 32.3 Å². The van der Waals surface area contributed by atoms with Crippen LogP contribution in [0.1, 0.15) is 39.5 Å². The van der Waals surface area contributed by atoms with Gasteiger partial charge < -0.3 is 10.4 Å². The summed E-state index contributed by atoms with van der Waals surface area (Å²) in [5.41, 5.74) is 0. The highest BCUT2D eigenvalue weighted by Gasteiger charge is 2.13. The molecule has 2 heteroatoms. The summed E-state index contributed by atoms with van der Waals surface area (Å²) >= 11 is 0. The molecule has 1 saturated heterocycles. The lowest BCUT2D eigenvalue weighted by atomic mass is 10.0. The van der Waals surface area contributed by atoms with Gasteiger partial charge in [-0.2, -0.15) is 0 Å². The molecule has 2 nitrogen and oxygen atoms in total. The first-order chi connectivity index (χ1) is 5.79. The number of rotatable bonds is 3. The monoisotopic (exact) mass is 173 g/mol. The molecule has 0 aliphatic carbocycles. The van der Waals surface area contributed by atoms with Crippen molar-refractivity contribution in [1.29, 1.82) is 0 Å². The van der Waals surface area contributed by atoms with Crippen molar-refractivity contribution in [2.75, 3.05) is 13.7 Å². The van der Waals surface area contributed by atoms with Crippen LogP contribution in [-0.4, -0.2) is 24.8 Å². The van der Waals surface area contributed by atoms with Gasteiger partial charge in [0.2, 0.25) is 0 Å². The van der Waals surface area contributed by atoms with E-state index < -0.39 is 0 Å². The van der Waals surface area contributed by atoms with Gasteiger partial charge >= 0.3 is 0 Å². The van der Waals surface area contributed by atoms with Gasteiger partial charge in [0, 0.05) is 13.2 Å². The number of aliphatic hydroxyl groups excluding tert-OH is 1. The Labute approximate surface area is 76.4 Å². The van der Waals surface area contributed by atoms with E-state index in [1.165, 1.54) is 32.2 Å². The maximum absolute atomic E-state index is 7.00. The minimum atomic E-state index is 0.849. The van der Waals surface area contributed by atoms with Crippen molar-refractivity contribution in [3.8, 4) is 0 Å². The predicted octanol–water partition coefficient (Wildman–Crippen LogP) is 1.78. The highest BCUT2D eigenvalue weighted by molar-refractivity contribution is 4.73. The Morgan fingerprint density at radius 2 is 2.08 bits per heavy atom. The third-order valence-corrected chi connectivity index (χ3v) is 2.25. The average Bonchev–Trinajstić information content (AvgIpc) is 2.56. The van der Waals surface area contributed by atoms with Gasteiger partial charge in [0.1, 0.15) is 0 Å². The van der Waals surface area contributed by atoms with Gasteiger partial charge in [-0.15, -0.1) is 0 Å². The predicted molar refractivity (Wildman–Crippen MR) is 53.2 cm³/mol. The molecular formula is C10H23NO. The van der Waals surface area contributed by atoms with Crippen LogP contribution in [0.5, 0.6) is 0 Å². The van der Waals surface area contributed by atoms with Gasteiger partial charge in [0.15, 0.2) is 0 Å². The van der Waals surface area contributed by atoms with E-state index in [1.807, 2.05) is 0 Å². The molecule has 0 saturated carbocycles. The zero-order valence-electron chi connectivity index (χ0n) is 8.64. The molecule has 1 aliphatic rings. The van der Waals surface area contributed by atoms with E-state index in [-0.39, 0.29) is 0 Å². The van der Waals surface area contributed by atoms with E-state index in [9.17, 15) is 0 Å². The lowest BCUT2D eigenvalue weighted by molar-refractivity contribution is 0.399. The number of aliphatic hydroxyl groups is 1. The van der Waals surface area contributed by atoms with Crippen LogP contribution >= 0.6 is 0 Å². The van der Waals surface area contributed by atoms with E-state index >= 15 is 0 Å². The second-order valence-electron chi connectivity index (χ2n) is 3.76. The quantitative estimate of drug-likeness (QED) is 0.682. The van der Waals surface area contributed by atoms with E-state index in [1.54, 1.807) is 0 Å². The molecule has 1 fully saturated rings. The number of nitrogens with one attached hydrogen (secondary N) is 1. The smallest absolute Gasteiger partial charge is 0.0319 e. The Kier molecular flexibility index (Phi) is 7.51. The molecule has 1 atom stereocenters. The molecule has 0 aromatic carbocycles.